The first-order valence-corrected chi connectivity index (χ1v) is 11.5. The summed E-state index contributed by atoms with van der Waals surface area (Å²) in [5.74, 6) is -0.528. The Bertz CT molecular complexity index is 1160. The molecule has 3 aromatic carbocycles. The van der Waals surface area contributed by atoms with Crippen LogP contribution in [0.2, 0.25) is 10.0 Å². The molecule has 4 rings (SSSR count). The highest BCUT2D eigenvalue weighted by molar-refractivity contribution is 7.88. The SMILES string of the molecule is C=C(c1ccc(Cl)cc1)[C@@]1(c2ccc(Cl)cc2)C[C@@]1(C(=O)OC)S(=O)c1ccccc1. The molecule has 0 N–H and O–H groups in total. The quantitative estimate of drug-likeness (QED) is 0.410. The van der Waals surface area contributed by atoms with E-state index in [-0.39, 0.29) is 0 Å². The van der Waals surface area contributed by atoms with Crippen LogP contribution in [-0.2, 0) is 25.7 Å². The Balaban J connectivity index is 1.93. The van der Waals surface area contributed by atoms with E-state index in [2.05, 4.69) is 6.58 Å². The van der Waals surface area contributed by atoms with E-state index in [4.69, 9.17) is 27.9 Å². The van der Waals surface area contributed by atoms with Gasteiger partial charge >= 0.3 is 5.97 Å². The van der Waals surface area contributed by atoms with Crippen molar-refractivity contribution in [2.24, 2.45) is 0 Å². The zero-order chi connectivity index (χ0) is 22.2. The zero-order valence-electron chi connectivity index (χ0n) is 16.8. The summed E-state index contributed by atoms with van der Waals surface area (Å²) in [6, 6.07) is 23.5. The van der Waals surface area contributed by atoms with Crippen LogP contribution in [-0.4, -0.2) is 22.0 Å². The molecule has 0 bridgehead atoms. The first-order valence-electron chi connectivity index (χ1n) is 9.63. The molecule has 0 aliphatic heterocycles. The Morgan fingerprint density at radius 2 is 1.48 bits per heavy atom. The van der Waals surface area contributed by atoms with E-state index in [1.807, 2.05) is 30.3 Å². The van der Waals surface area contributed by atoms with Gasteiger partial charge in [-0.05, 0) is 59.5 Å². The summed E-state index contributed by atoms with van der Waals surface area (Å²) in [7, 11) is -0.359. The lowest BCUT2D eigenvalue weighted by atomic mass is 9.82. The predicted molar refractivity (Wildman–Crippen MR) is 126 cm³/mol. The van der Waals surface area contributed by atoms with Crippen molar-refractivity contribution in [3.8, 4) is 0 Å². The van der Waals surface area contributed by atoms with E-state index in [1.165, 1.54) is 7.11 Å². The van der Waals surface area contributed by atoms with Gasteiger partial charge < -0.3 is 4.74 Å². The van der Waals surface area contributed by atoms with E-state index >= 15 is 0 Å². The molecule has 3 nitrogen and oxygen atoms in total. The van der Waals surface area contributed by atoms with Crippen LogP contribution in [0.1, 0.15) is 17.5 Å². The predicted octanol–water partition coefficient (Wildman–Crippen LogP) is 6.07. The number of carbonyl (C=O) groups excluding carboxylic acids is 1. The van der Waals surface area contributed by atoms with Gasteiger partial charge in [0.1, 0.15) is 0 Å². The number of esters is 1. The summed E-state index contributed by atoms with van der Waals surface area (Å²) < 4.78 is 17.8. The molecule has 0 heterocycles. The van der Waals surface area contributed by atoms with E-state index in [0.717, 1.165) is 11.1 Å². The van der Waals surface area contributed by atoms with Crippen molar-refractivity contribution in [3.63, 3.8) is 0 Å². The molecule has 158 valence electrons. The minimum Gasteiger partial charge on any atom is -0.468 e. The van der Waals surface area contributed by atoms with Crippen LogP contribution < -0.4 is 0 Å². The fourth-order valence-corrected chi connectivity index (χ4v) is 6.48. The molecular formula is C25H20Cl2O3S. The number of halogens is 2. The summed E-state index contributed by atoms with van der Waals surface area (Å²) >= 11 is 12.2. The van der Waals surface area contributed by atoms with Gasteiger partial charge in [-0.15, -0.1) is 0 Å². The van der Waals surface area contributed by atoms with Crippen LogP contribution in [0.3, 0.4) is 0 Å². The molecule has 1 fully saturated rings. The smallest absolute Gasteiger partial charge is 0.326 e. The fraction of sp³-hybridized carbons (Fsp3) is 0.160. The summed E-state index contributed by atoms with van der Waals surface area (Å²) in [4.78, 5) is 13.8. The maximum atomic E-state index is 13.9. The van der Waals surface area contributed by atoms with Gasteiger partial charge in [0.15, 0.2) is 4.75 Å². The molecule has 0 saturated heterocycles. The molecule has 1 unspecified atom stereocenters. The highest BCUT2D eigenvalue weighted by Gasteiger charge is 2.78. The number of carbonyl (C=O) groups is 1. The standard InChI is InChI=1S/C25H20Cl2O3S/c1-17(18-8-12-20(26)13-9-18)24(19-10-14-21(27)15-11-19)16-25(24,23(28)30-2)31(29)22-6-4-3-5-7-22/h3-15H,1,16H2,2H3/t24-,25+,31?/m1/s1. The number of benzene rings is 3. The van der Waals surface area contributed by atoms with E-state index < -0.39 is 26.9 Å². The Labute approximate surface area is 194 Å². The monoisotopic (exact) mass is 470 g/mol. The van der Waals surface area contributed by atoms with Gasteiger partial charge in [-0.2, -0.15) is 0 Å². The van der Waals surface area contributed by atoms with Crippen LogP contribution in [0.5, 0.6) is 0 Å². The number of allylic oxidation sites excluding steroid dienone is 1. The van der Waals surface area contributed by atoms with Crippen LogP contribution >= 0.6 is 23.2 Å². The molecule has 0 aromatic heterocycles. The maximum absolute atomic E-state index is 13.9. The lowest BCUT2D eigenvalue weighted by molar-refractivity contribution is -0.141. The highest BCUT2D eigenvalue weighted by Crippen LogP contribution is 2.68. The van der Waals surface area contributed by atoms with Gasteiger partial charge in [-0.3, -0.25) is 9.00 Å². The van der Waals surface area contributed by atoms with Crippen molar-refractivity contribution in [1.82, 2.24) is 0 Å². The maximum Gasteiger partial charge on any atom is 0.326 e. The Morgan fingerprint density at radius 1 is 0.935 bits per heavy atom. The molecular weight excluding hydrogens is 451 g/mol. The van der Waals surface area contributed by atoms with Crippen LogP contribution in [0, 0.1) is 0 Å². The third-order valence-corrected chi connectivity index (χ3v) is 8.41. The van der Waals surface area contributed by atoms with Gasteiger partial charge in [0.25, 0.3) is 0 Å². The molecule has 3 aromatic rings. The van der Waals surface area contributed by atoms with E-state index in [1.54, 1.807) is 48.5 Å². The average molecular weight is 471 g/mol. The van der Waals surface area contributed by atoms with Crippen LogP contribution in [0.4, 0.5) is 0 Å². The number of hydrogen-bond donors (Lipinski definition) is 0. The molecule has 31 heavy (non-hydrogen) atoms. The fourth-order valence-electron chi connectivity index (χ4n) is 4.28. The van der Waals surface area contributed by atoms with Gasteiger partial charge in [0.2, 0.25) is 0 Å². The lowest BCUT2D eigenvalue weighted by Crippen LogP contribution is -2.38. The van der Waals surface area contributed by atoms with Crippen molar-refractivity contribution in [3.05, 3.63) is 107 Å². The number of hydrogen-bond acceptors (Lipinski definition) is 3. The molecule has 0 spiro atoms. The normalized spacial score (nSPS) is 23.1. The Morgan fingerprint density at radius 3 is 2.03 bits per heavy atom. The summed E-state index contributed by atoms with van der Waals surface area (Å²) in [5, 5.41) is 1.17. The first kappa shape index (κ1) is 21.8. The molecule has 1 aliphatic rings. The second-order valence-corrected chi connectivity index (χ2v) is 10.1. The van der Waals surface area contributed by atoms with Crippen molar-refractivity contribution in [2.45, 2.75) is 21.5 Å². The molecule has 6 heteroatoms. The number of methoxy groups -OCH3 is 1. The third kappa shape index (κ3) is 3.43. The van der Waals surface area contributed by atoms with Crippen molar-refractivity contribution in [2.75, 3.05) is 7.11 Å². The number of rotatable bonds is 6. The average Bonchev–Trinajstić information content (AvgIpc) is 3.51. The molecule has 1 aliphatic carbocycles. The van der Waals surface area contributed by atoms with Crippen LogP contribution in [0.25, 0.3) is 5.57 Å². The largest absolute Gasteiger partial charge is 0.468 e. The van der Waals surface area contributed by atoms with Crippen molar-refractivity contribution < 1.29 is 13.7 Å². The third-order valence-electron chi connectivity index (χ3n) is 5.91. The zero-order valence-corrected chi connectivity index (χ0v) is 19.1. The highest BCUT2D eigenvalue weighted by atomic mass is 35.5. The first-order chi connectivity index (χ1) is 14.9. The molecule has 0 amide bonds. The lowest BCUT2D eigenvalue weighted by Gasteiger charge is -2.27. The molecule has 1 saturated carbocycles. The molecule has 0 radical (unpaired) electrons. The molecule has 3 atom stereocenters. The second-order valence-electron chi connectivity index (χ2n) is 7.47. The van der Waals surface area contributed by atoms with Gasteiger partial charge in [0, 0.05) is 14.9 Å². The summed E-state index contributed by atoms with van der Waals surface area (Å²) in [6.07, 6.45) is 0.303. The Kier molecular flexibility index (Phi) is 5.82. The van der Waals surface area contributed by atoms with Gasteiger partial charge in [-0.25, -0.2) is 0 Å². The van der Waals surface area contributed by atoms with Crippen LogP contribution in [0.15, 0.2) is 90.3 Å². The van der Waals surface area contributed by atoms with E-state index in [0.29, 0.717) is 26.9 Å². The number of ether oxygens (including phenoxy) is 1. The van der Waals surface area contributed by atoms with Gasteiger partial charge in [0.05, 0.1) is 23.3 Å². The van der Waals surface area contributed by atoms with Gasteiger partial charge in [-0.1, -0.05) is 72.2 Å². The topological polar surface area (TPSA) is 43.4 Å². The minimum atomic E-state index is -1.68. The second kappa shape index (κ2) is 8.27. The van der Waals surface area contributed by atoms with Crippen molar-refractivity contribution >= 4 is 45.5 Å². The summed E-state index contributed by atoms with van der Waals surface area (Å²) in [5.41, 5.74) is 1.39. The summed E-state index contributed by atoms with van der Waals surface area (Å²) in [6.45, 7) is 4.36. The van der Waals surface area contributed by atoms with E-state index in [9.17, 15) is 9.00 Å². The Hall–Kier alpha value is -2.40. The minimum absolute atomic E-state index is 0.303. The van der Waals surface area contributed by atoms with Crippen molar-refractivity contribution in [1.29, 1.82) is 0 Å².